The van der Waals surface area contributed by atoms with E-state index in [1.54, 1.807) is 0 Å². The zero-order valence-electron chi connectivity index (χ0n) is 22.5. The van der Waals surface area contributed by atoms with Crippen molar-refractivity contribution in [2.45, 2.75) is 57.2 Å². The molecule has 2 aromatic carbocycles. The number of nitrogens with one attached hydrogen (secondary N) is 2. The van der Waals surface area contributed by atoms with E-state index in [0.29, 0.717) is 12.0 Å². The lowest BCUT2D eigenvalue weighted by Crippen LogP contribution is -2.45. The second kappa shape index (κ2) is 11.7. The van der Waals surface area contributed by atoms with Gasteiger partial charge in [-0.2, -0.15) is 5.26 Å². The molecule has 1 saturated heterocycles. The van der Waals surface area contributed by atoms with Gasteiger partial charge in [-0.05, 0) is 47.2 Å². The Balaban J connectivity index is 1.85. The second-order valence-electron chi connectivity index (χ2n) is 11.3. The van der Waals surface area contributed by atoms with E-state index in [1.165, 1.54) is 48.7 Å². The van der Waals surface area contributed by atoms with Crippen LogP contribution in [-0.2, 0) is 16.8 Å². The summed E-state index contributed by atoms with van der Waals surface area (Å²) in [7, 11) is 0. The van der Waals surface area contributed by atoms with Crippen molar-refractivity contribution in [3.05, 3.63) is 98.8 Å². The number of carbonyl (C=O) groups is 2. The molecule has 214 valence electrons. The highest BCUT2D eigenvalue weighted by Crippen LogP contribution is 2.52. The van der Waals surface area contributed by atoms with Crippen LogP contribution in [0.4, 0.5) is 8.78 Å². The number of benzene rings is 2. The van der Waals surface area contributed by atoms with Gasteiger partial charge in [0.25, 0.3) is 0 Å². The van der Waals surface area contributed by atoms with Gasteiger partial charge in [0, 0.05) is 35.3 Å². The first-order valence-corrected chi connectivity index (χ1v) is 13.6. The Morgan fingerprint density at radius 2 is 1.90 bits per heavy atom. The fraction of sp³-hybridized carbons (Fsp3) is 0.333. The molecule has 0 saturated carbocycles. The topological polar surface area (TPSA) is 115 Å². The number of halogens is 4. The number of aromatic carboxylic acids is 1. The highest BCUT2D eigenvalue weighted by molar-refractivity contribution is 6.31. The SMILES string of the molecule is CC(C)(C)CC1NC(C(=O)NCc2ccc(C(=O)O)nc2)C(c2cccc(Cl)c2F)C1(C#N)c1ccc(Cl)cc1F. The number of hydrogen-bond donors (Lipinski definition) is 3. The Kier molecular flexibility index (Phi) is 8.69. The third kappa shape index (κ3) is 6.05. The number of carboxylic acid groups (broad SMARTS) is 1. The summed E-state index contributed by atoms with van der Waals surface area (Å²) in [6.45, 7) is 5.83. The Morgan fingerprint density at radius 1 is 1.17 bits per heavy atom. The van der Waals surface area contributed by atoms with E-state index in [2.05, 4.69) is 21.7 Å². The first kappa shape index (κ1) is 30.4. The van der Waals surface area contributed by atoms with Crippen LogP contribution in [0.5, 0.6) is 0 Å². The molecule has 1 amide bonds. The number of hydrogen-bond acceptors (Lipinski definition) is 5. The number of aromatic nitrogens is 1. The first-order chi connectivity index (χ1) is 19.3. The minimum absolute atomic E-state index is 0.00932. The molecule has 0 aliphatic carbocycles. The van der Waals surface area contributed by atoms with Crippen molar-refractivity contribution < 1.29 is 23.5 Å². The first-order valence-electron chi connectivity index (χ1n) is 12.8. The minimum atomic E-state index is -1.74. The zero-order chi connectivity index (χ0) is 30.1. The van der Waals surface area contributed by atoms with Crippen LogP contribution in [0, 0.1) is 28.4 Å². The Hall–Kier alpha value is -3.58. The molecule has 11 heteroatoms. The second-order valence-corrected chi connectivity index (χ2v) is 12.1. The van der Waals surface area contributed by atoms with Crippen LogP contribution >= 0.6 is 23.2 Å². The van der Waals surface area contributed by atoms with Gasteiger partial charge in [0.15, 0.2) is 0 Å². The van der Waals surface area contributed by atoms with Crippen LogP contribution in [0.1, 0.15) is 60.3 Å². The molecule has 1 fully saturated rings. The molecule has 1 aromatic heterocycles. The van der Waals surface area contributed by atoms with Crippen LogP contribution in [0.2, 0.25) is 10.0 Å². The number of pyridine rings is 1. The molecule has 0 spiro atoms. The summed E-state index contributed by atoms with van der Waals surface area (Å²) in [5.74, 6) is -4.51. The summed E-state index contributed by atoms with van der Waals surface area (Å²) >= 11 is 12.2. The van der Waals surface area contributed by atoms with Crippen molar-refractivity contribution in [3.8, 4) is 6.07 Å². The molecule has 4 atom stereocenters. The summed E-state index contributed by atoms with van der Waals surface area (Å²) in [6.07, 6.45) is 1.66. The Labute approximate surface area is 246 Å². The van der Waals surface area contributed by atoms with Gasteiger partial charge in [0.05, 0.1) is 17.1 Å². The fourth-order valence-electron chi connectivity index (χ4n) is 5.51. The molecule has 1 aliphatic heterocycles. The minimum Gasteiger partial charge on any atom is -0.477 e. The Bertz CT molecular complexity index is 1520. The van der Waals surface area contributed by atoms with Crippen molar-refractivity contribution >= 4 is 35.1 Å². The lowest BCUT2D eigenvalue weighted by molar-refractivity contribution is -0.123. The van der Waals surface area contributed by atoms with Gasteiger partial charge in [-0.25, -0.2) is 18.6 Å². The molecule has 2 heterocycles. The quantitative estimate of drug-likeness (QED) is 0.306. The predicted molar refractivity (Wildman–Crippen MR) is 151 cm³/mol. The summed E-state index contributed by atoms with van der Waals surface area (Å²) < 4.78 is 31.4. The van der Waals surface area contributed by atoms with Crippen LogP contribution in [-0.4, -0.2) is 34.1 Å². The van der Waals surface area contributed by atoms with E-state index in [1.807, 2.05) is 20.8 Å². The maximum Gasteiger partial charge on any atom is 0.354 e. The van der Waals surface area contributed by atoms with E-state index >= 15 is 8.78 Å². The molecule has 0 radical (unpaired) electrons. The predicted octanol–water partition coefficient (Wildman–Crippen LogP) is 6.00. The van der Waals surface area contributed by atoms with Gasteiger partial charge in [0.2, 0.25) is 5.91 Å². The molecule has 1 aliphatic rings. The maximum atomic E-state index is 15.7. The van der Waals surface area contributed by atoms with Crippen molar-refractivity contribution in [2.24, 2.45) is 5.41 Å². The zero-order valence-corrected chi connectivity index (χ0v) is 24.0. The highest BCUT2D eigenvalue weighted by Gasteiger charge is 2.61. The smallest absolute Gasteiger partial charge is 0.354 e. The van der Waals surface area contributed by atoms with E-state index in [-0.39, 0.29) is 38.8 Å². The van der Waals surface area contributed by atoms with Crippen molar-refractivity contribution in [1.29, 1.82) is 5.26 Å². The maximum absolute atomic E-state index is 15.7. The summed E-state index contributed by atoms with van der Waals surface area (Å²) in [6, 6.07) is 11.4. The standard InChI is InChI=1S/C30H28Cl2F2N4O3/c1-29(2,3)12-23-30(15-35,19-9-8-17(31)11-21(19)33)24(18-5-4-6-20(32)25(18)34)26(38-23)27(39)37-14-16-7-10-22(28(40)41)36-13-16/h4-11,13,23-24,26,38H,12,14H2,1-3H3,(H,37,39)(H,40,41). The average Bonchev–Trinajstić information content (AvgIpc) is 3.22. The third-order valence-electron chi connectivity index (χ3n) is 7.24. The van der Waals surface area contributed by atoms with Gasteiger partial charge in [-0.15, -0.1) is 0 Å². The van der Waals surface area contributed by atoms with Crippen molar-refractivity contribution in [3.63, 3.8) is 0 Å². The van der Waals surface area contributed by atoms with E-state index in [0.717, 1.165) is 6.07 Å². The van der Waals surface area contributed by atoms with E-state index in [9.17, 15) is 14.9 Å². The molecular weight excluding hydrogens is 573 g/mol. The number of amides is 1. The van der Waals surface area contributed by atoms with Crippen LogP contribution in [0.3, 0.4) is 0 Å². The molecule has 41 heavy (non-hydrogen) atoms. The molecule has 4 unspecified atom stereocenters. The molecule has 3 N–H and O–H groups in total. The summed E-state index contributed by atoms with van der Waals surface area (Å²) in [5.41, 5.74) is -1.76. The van der Waals surface area contributed by atoms with Gasteiger partial charge in [0.1, 0.15) is 22.7 Å². The van der Waals surface area contributed by atoms with Crippen LogP contribution in [0.15, 0.2) is 54.7 Å². The molecule has 4 rings (SSSR count). The van der Waals surface area contributed by atoms with Crippen LogP contribution < -0.4 is 10.6 Å². The Morgan fingerprint density at radius 3 is 2.49 bits per heavy atom. The average molecular weight is 601 g/mol. The molecule has 0 bridgehead atoms. The summed E-state index contributed by atoms with van der Waals surface area (Å²) in [5, 5.41) is 25.9. The normalized spacial score (nSPS) is 22.2. The monoisotopic (exact) mass is 600 g/mol. The summed E-state index contributed by atoms with van der Waals surface area (Å²) in [4.78, 5) is 28.8. The number of nitrogens with zero attached hydrogens (tertiary/aromatic N) is 2. The number of carbonyl (C=O) groups excluding carboxylic acids is 1. The van der Waals surface area contributed by atoms with Crippen LogP contribution in [0.25, 0.3) is 0 Å². The van der Waals surface area contributed by atoms with Crippen molar-refractivity contribution in [1.82, 2.24) is 15.6 Å². The van der Waals surface area contributed by atoms with Gasteiger partial charge >= 0.3 is 5.97 Å². The number of carboxylic acids is 1. The lowest BCUT2D eigenvalue weighted by Gasteiger charge is -2.37. The lowest BCUT2D eigenvalue weighted by atomic mass is 9.62. The third-order valence-corrected chi connectivity index (χ3v) is 7.77. The van der Waals surface area contributed by atoms with E-state index in [4.69, 9.17) is 28.3 Å². The van der Waals surface area contributed by atoms with Crippen molar-refractivity contribution in [2.75, 3.05) is 0 Å². The molecule has 7 nitrogen and oxygen atoms in total. The largest absolute Gasteiger partial charge is 0.477 e. The number of nitriles is 1. The van der Waals surface area contributed by atoms with Gasteiger partial charge in [-0.3, -0.25) is 4.79 Å². The van der Waals surface area contributed by atoms with Gasteiger partial charge in [-0.1, -0.05) is 68.2 Å². The fourth-order valence-corrected chi connectivity index (χ4v) is 5.85. The molecular formula is C30H28Cl2F2N4O3. The molecule has 3 aromatic rings. The highest BCUT2D eigenvalue weighted by atomic mass is 35.5. The van der Waals surface area contributed by atoms with Gasteiger partial charge < -0.3 is 15.7 Å². The number of rotatable bonds is 7. The van der Waals surface area contributed by atoms with E-state index < -0.39 is 46.9 Å².